The van der Waals surface area contributed by atoms with Gasteiger partial charge in [-0.3, -0.25) is 15.1 Å². The van der Waals surface area contributed by atoms with Crippen LogP contribution in [0.1, 0.15) is 0 Å². The number of non-ortho nitro benzene ring substituents is 1. The number of oxazole rings is 1. The minimum atomic E-state index is -0.707. The fourth-order valence-electron chi connectivity index (χ4n) is 1.15. The molecule has 1 heterocycles. The van der Waals surface area contributed by atoms with Gasteiger partial charge < -0.3 is 4.42 Å². The van der Waals surface area contributed by atoms with Crippen LogP contribution in [0.3, 0.4) is 0 Å². The van der Waals surface area contributed by atoms with Crippen molar-refractivity contribution in [2.45, 2.75) is 0 Å². The van der Waals surface area contributed by atoms with Gasteiger partial charge in [-0.05, 0) is 6.07 Å². The van der Waals surface area contributed by atoms with Crippen LogP contribution in [0.2, 0.25) is 0 Å². The van der Waals surface area contributed by atoms with E-state index in [0.717, 1.165) is 0 Å². The third-order valence-corrected chi connectivity index (χ3v) is 2.13. The van der Waals surface area contributed by atoms with Gasteiger partial charge in [-0.2, -0.15) is 0 Å². The van der Waals surface area contributed by atoms with E-state index in [-0.39, 0.29) is 16.8 Å². The molecule has 2 rings (SSSR count). The molecule has 0 fully saturated rings. The number of nitrogens with one attached hydrogen (secondary N) is 1. The zero-order valence-electron chi connectivity index (χ0n) is 6.61. The Morgan fingerprint density at radius 1 is 1.50 bits per heavy atom. The van der Waals surface area contributed by atoms with Crippen LogP contribution < -0.4 is 5.76 Å². The summed E-state index contributed by atoms with van der Waals surface area (Å²) in [7, 11) is 0. The highest BCUT2D eigenvalue weighted by Gasteiger charge is 2.16. The number of H-pyrrole nitrogens is 1. The van der Waals surface area contributed by atoms with Gasteiger partial charge in [-0.1, -0.05) is 15.9 Å². The molecule has 2 aromatic rings. The first-order valence-corrected chi connectivity index (χ1v) is 4.34. The Bertz CT molecular complexity index is 571. The minimum Gasteiger partial charge on any atom is -0.408 e. The van der Waals surface area contributed by atoms with Crippen molar-refractivity contribution >= 4 is 32.7 Å². The number of aromatic amines is 1. The number of benzene rings is 1. The number of halogens is 1. The number of nitro benzene ring substituents is 1. The number of rotatable bonds is 1. The summed E-state index contributed by atoms with van der Waals surface area (Å²) < 4.78 is 5.18. The average molecular weight is 259 g/mol. The molecule has 0 aliphatic carbocycles. The Hall–Kier alpha value is -1.63. The second-order valence-corrected chi connectivity index (χ2v) is 3.49. The normalized spacial score (nSPS) is 10.6. The molecule has 7 heteroatoms. The molecular formula is C7H3BrN2O4. The number of hydrogen-bond donors (Lipinski definition) is 1. The van der Waals surface area contributed by atoms with E-state index < -0.39 is 10.7 Å². The molecule has 0 aliphatic rings. The molecular weight excluding hydrogens is 256 g/mol. The van der Waals surface area contributed by atoms with Crippen LogP contribution in [0.5, 0.6) is 0 Å². The standard InChI is InChI=1S/C7H3BrN2O4/c8-3-1-4(10(12)13)6-5(2-3)14-7(11)9-6/h1-2H,(H,9,11). The van der Waals surface area contributed by atoms with Crippen LogP contribution >= 0.6 is 15.9 Å². The molecule has 0 unspecified atom stereocenters. The number of nitrogens with zero attached hydrogens (tertiary/aromatic N) is 1. The zero-order chi connectivity index (χ0) is 10.3. The van der Waals surface area contributed by atoms with E-state index in [9.17, 15) is 14.9 Å². The maximum Gasteiger partial charge on any atom is 0.417 e. The summed E-state index contributed by atoms with van der Waals surface area (Å²) in [6.45, 7) is 0. The second kappa shape index (κ2) is 2.95. The summed E-state index contributed by atoms with van der Waals surface area (Å²) in [4.78, 5) is 23.1. The van der Waals surface area contributed by atoms with Crippen LogP contribution in [-0.4, -0.2) is 9.91 Å². The molecule has 6 nitrogen and oxygen atoms in total. The Morgan fingerprint density at radius 2 is 2.21 bits per heavy atom. The summed E-state index contributed by atoms with van der Waals surface area (Å²) in [5.41, 5.74) is 0.0690. The highest BCUT2D eigenvalue weighted by molar-refractivity contribution is 9.10. The van der Waals surface area contributed by atoms with Gasteiger partial charge >= 0.3 is 5.76 Å². The van der Waals surface area contributed by atoms with Crippen molar-refractivity contribution in [2.75, 3.05) is 0 Å². The highest BCUT2D eigenvalue weighted by atomic mass is 79.9. The van der Waals surface area contributed by atoms with Crippen molar-refractivity contribution in [1.29, 1.82) is 0 Å². The van der Waals surface area contributed by atoms with Gasteiger partial charge in [0, 0.05) is 10.5 Å². The van der Waals surface area contributed by atoms with Crippen molar-refractivity contribution < 1.29 is 9.34 Å². The Labute approximate surface area is 84.8 Å². The molecule has 0 bridgehead atoms. The lowest BCUT2D eigenvalue weighted by Crippen LogP contribution is -1.95. The smallest absolute Gasteiger partial charge is 0.408 e. The van der Waals surface area contributed by atoms with E-state index in [2.05, 4.69) is 20.9 Å². The Balaban J connectivity index is 2.92. The highest BCUT2D eigenvalue weighted by Crippen LogP contribution is 2.27. The molecule has 0 spiro atoms. The van der Waals surface area contributed by atoms with E-state index in [1.54, 1.807) is 0 Å². The third kappa shape index (κ3) is 1.31. The number of fused-ring (bicyclic) bond motifs is 1. The maximum absolute atomic E-state index is 10.8. The SMILES string of the molecule is O=c1[nH]c2c([N+](=O)[O-])cc(Br)cc2o1. The molecule has 1 N–H and O–H groups in total. The largest absolute Gasteiger partial charge is 0.417 e. The van der Waals surface area contributed by atoms with Gasteiger partial charge in [0.2, 0.25) is 0 Å². The van der Waals surface area contributed by atoms with Crippen molar-refractivity contribution in [2.24, 2.45) is 0 Å². The average Bonchev–Trinajstić information content (AvgIpc) is 2.42. The van der Waals surface area contributed by atoms with Gasteiger partial charge in [0.25, 0.3) is 5.69 Å². The maximum atomic E-state index is 10.8. The number of hydrogen-bond acceptors (Lipinski definition) is 4. The van der Waals surface area contributed by atoms with Crippen molar-refractivity contribution in [3.05, 3.63) is 37.3 Å². The van der Waals surface area contributed by atoms with Crippen LogP contribution in [-0.2, 0) is 0 Å². The van der Waals surface area contributed by atoms with Crippen molar-refractivity contribution in [1.82, 2.24) is 4.98 Å². The van der Waals surface area contributed by atoms with Crippen LogP contribution in [0, 0.1) is 10.1 Å². The molecule has 14 heavy (non-hydrogen) atoms. The summed E-state index contributed by atoms with van der Waals surface area (Å²) >= 11 is 3.08. The number of nitro groups is 1. The predicted octanol–water partition coefficient (Wildman–Crippen LogP) is 1.79. The summed E-state index contributed by atoms with van der Waals surface area (Å²) in [5.74, 6) is -0.707. The fourth-order valence-corrected chi connectivity index (χ4v) is 1.57. The second-order valence-electron chi connectivity index (χ2n) is 2.57. The molecule has 0 amide bonds. The van der Waals surface area contributed by atoms with Crippen molar-refractivity contribution in [3.8, 4) is 0 Å². The molecule has 0 radical (unpaired) electrons. The lowest BCUT2D eigenvalue weighted by molar-refractivity contribution is -0.383. The zero-order valence-corrected chi connectivity index (χ0v) is 8.20. The third-order valence-electron chi connectivity index (χ3n) is 1.67. The molecule has 1 aromatic heterocycles. The summed E-state index contributed by atoms with van der Waals surface area (Å²) in [6.07, 6.45) is 0. The quantitative estimate of drug-likeness (QED) is 0.624. The van der Waals surface area contributed by atoms with Gasteiger partial charge in [0.15, 0.2) is 11.1 Å². The van der Waals surface area contributed by atoms with E-state index in [1.165, 1.54) is 12.1 Å². The molecule has 72 valence electrons. The first-order valence-electron chi connectivity index (χ1n) is 3.54. The topological polar surface area (TPSA) is 89.1 Å². The molecule has 0 atom stereocenters. The van der Waals surface area contributed by atoms with Gasteiger partial charge in [0.05, 0.1) is 4.92 Å². The van der Waals surface area contributed by atoms with E-state index in [1.807, 2.05) is 0 Å². The van der Waals surface area contributed by atoms with Crippen LogP contribution in [0.25, 0.3) is 11.1 Å². The molecule has 1 aromatic carbocycles. The van der Waals surface area contributed by atoms with E-state index in [0.29, 0.717) is 4.47 Å². The predicted molar refractivity (Wildman–Crippen MR) is 51.2 cm³/mol. The van der Waals surface area contributed by atoms with Crippen molar-refractivity contribution in [3.63, 3.8) is 0 Å². The Kier molecular flexibility index (Phi) is 1.88. The summed E-state index contributed by atoms with van der Waals surface area (Å²) in [6, 6.07) is 2.79. The van der Waals surface area contributed by atoms with E-state index >= 15 is 0 Å². The van der Waals surface area contributed by atoms with Crippen LogP contribution in [0.4, 0.5) is 5.69 Å². The molecule has 0 saturated heterocycles. The van der Waals surface area contributed by atoms with Gasteiger partial charge in [0.1, 0.15) is 0 Å². The monoisotopic (exact) mass is 258 g/mol. The van der Waals surface area contributed by atoms with E-state index in [4.69, 9.17) is 4.42 Å². The van der Waals surface area contributed by atoms with Gasteiger partial charge in [-0.15, -0.1) is 0 Å². The molecule has 0 aliphatic heterocycles. The molecule has 0 saturated carbocycles. The number of aromatic nitrogens is 1. The lowest BCUT2D eigenvalue weighted by atomic mass is 10.3. The Morgan fingerprint density at radius 3 is 2.86 bits per heavy atom. The minimum absolute atomic E-state index is 0.100. The first-order chi connectivity index (χ1) is 6.58. The van der Waals surface area contributed by atoms with Crippen LogP contribution in [0.15, 0.2) is 25.8 Å². The lowest BCUT2D eigenvalue weighted by Gasteiger charge is -1.92. The van der Waals surface area contributed by atoms with Gasteiger partial charge in [-0.25, -0.2) is 4.79 Å². The summed E-state index contributed by atoms with van der Waals surface area (Å²) in [5, 5.41) is 10.6. The first kappa shape index (κ1) is 8.95. The fraction of sp³-hybridized carbons (Fsp3) is 0.